The van der Waals surface area contributed by atoms with Gasteiger partial charge in [0.2, 0.25) is 0 Å². The monoisotopic (exact) mass is 279 g/mol. The van der Waals surface area contributed by atoms with Crippen LogP contribution < -0.4 is 5.32 Å². The zero-order valence-corrected chi connectivity index (χ0v) is 11.6. The topological polar surface area (TPSA) is 66.4 Å². The quantitative estimate of drug-likeness (QED) is 0.892. The molecule has 2 bridgehead atoms. The smallest absolute Gasteiger partial charge is 0.308 e. The van der Waals surface area contributed by atoms with Gasteiger partial charge in [-0.05, 0) is 55.0 Å². The summed E-state index contributed by atoms with van der Waals surface area (Å²) in [5.74, 6) is -0.688. The molecule has 4 nitrogen and oxygen atoms in total. The highest BCUT2D eigenvalue weighted by atomic mass is 32.1. The van der Waals surface area contributed by atoms with Crippen molar-refractivity contribution in [3.8, 4) is 0 Å². The Morgan fingerprint density at radius 3 is 2.74 bits per heavy atom. The Labute approximate surface area is 115 Å². The fraction of sp³-hybridized carbons (Fsp3) is 0.571. The van der Waals surface area contributed by atoms with Gasteiger partial charge in [0, 0.05) is 6.04 Å². The van der Waals surface area contributed by atoms with Gasteiger partial charge >= 0.3 is 5.97 Å². The van der Waals surface area contributed by atoms with E-state index in [1.165, 1.54) is 11.3 Å². The summed E-state index contributed by atoms with van der Waals surface area (Å²) in [6, 6.07) is 1.72. The second kappa shape index (κ2) is 4.63. The lowest BCUT2D eigenvalue weighted by atomic mass is 9.84. The molecule has 102 valence electrons. The molecule has 0 spiro atoms. The van der Waals surface area contributed by atoms with Crippen molar-refractivity contribution >= 4 is 23.2 Å². The molecule has 0 aromatic carbocycles. The van der Waals surface area contributed by atoms with Crippen molar-refractivity contribution in [1.82, 2.24) is 5.32 Å². The van der Waals surface area contributed by atoms with Crippen LogP contribution in [0, 0.1) is 24.7 Å². The molecule has 1 aromatic heterocycles. The number of aliphatic carboxylic acids is 1. The SMILES string of the molecule is Cc1ccsc1C(=O)NC1C2CCC(C2)C1C(=O)O. The lowest BCUT2D eigenvalue weighted by Gasteiger charge is -2.28. The molecule has 0 aliphatic heterocycles. The van der Waals surface area contributed by atoms with E-state index in [9.17, 15) is 14.7 Å². The minimum atomic E-state index is -0.764. The van der Waals surface area contributed by atoms with Crippen molar-refractivity contribution in [1.29, 1.82) is 0 Å². The number of carbonyl (C=O) groups excluding carboxylic acids is 1. The summed E-state index contributed by atoms with van der Waals surface area (Å²) in [5, 5.41) is 14.2. The van der Waals surface area contributed by atoms with Crippen LogP contribution in [0.1, 0.15) is 34.5 Å². The normalized spacial score (nSPS) is 32.5. The van der Waals surface area contributed by atoms with Crippen LogP contribution in [-0.2, 0) is 4.79 Å². The third-order valence-electron chi connectivity index (χ3n) is 4.57. The largest absolute Gasteiger partial charge is 0.481 e. The summed E-state index contributed by atoms with van der Waals surface area (Å²) in [4.78, 5) is 24.3. The van der Waals surface area contributed by atoms with Gasteiger partial charge in [-0.3, -0.25) is 9.59 Å². The Morgan fingerprint density at radius 1 is 1.37 bits per heavy atom. The summed E-state index contributed by atoms with van der Waals surface area (Å²) in [5.41, 5.74) is 0.956. The van der Waals surface area contributed by atoms with Crippen LogP contribution in [0.4, 0.5) is 0 Å². The molecule has 0 saturated heterocycles. The Hall–Kier alpha value is -1.36. The molecule has 5 heteroatoms. The fourth-order valence-electron chi connectivity index (χ4n) is 3.68. The van der Waals surface area contributed by atoms with Crippen LogP contribution in [0.25, 0.3) is 0 Å². The highest BCUT2D eigenvalue weighted by molar-refractivity contribution is 7.12. The van der Waals surface area contributed by atoms with Gasteiger partial charge in [-0.15, -0.1) is 11.3 Å². The summed E-state index contributed by atoms with van der Waals surface area (Å²) in [6.07, 6.45) is 2.99. The molecule has 2 fully saturated rings. The number of fused-ring (bicyclic) bond motifs is 2. The minimum Gasteiger partial charge on any atom is -0.481 e. The zero-order chi connectivity index (χ0) is 13.6. The van der Waals surface area contributed by atoms with Crippen LogP contribution in [-0.4, -0.2) is 23.0 Å². The van der Waals surface area contributed by atoms with E-state index in [0.717, 1.165) is 24.8 Å². The van der Waals surface area contributed by atoms with Crippen molar-refractivity contribution in [3.63, 3.8) is 0 Å². The van der Waals surface area contributed by atoms with E-state index >= 15 is 0 Å². The van der Waals surface area contributed by atoms with Crippen molar-refractivity contribution in [2.24, 2.45) is 17.8 Å². The maximum absolute atomic E-state index is 12.2. The van der Waals surface area contributed by atoms with Crippen molar-refractivity contribution in [3.05, 3.63) is 21.9 Å². The van der Waals surface area contributed by atoms with Crippen molar-refractivity contribution < 1.29 is 14.7 Å². The molecule has 19 heavy (non-hydrogen) atoms. The van der Waals surface area contributed by atoms with Gasteiger partial charge in [-0.25, -0.2) is 0 Å². The number of aryl methyl sites for hydroxylation is 1. The molecule has 1 aromatic rings. The summed E-state index contributed by atoms with van der Waals surface area (Å²) < 4.78 is 0. The number of carbonyl (C=O) groups is 2. The molecule has 2 N–H and O–H groups in total. The number of thiophene rings is 1. The first-order chi connectivity index (χ1) is 9.08. The van der Waals surface area contributed by atoms with Crippen LogP contribution in [0.15, 0.2) is 11.4 Å². The van der Waals surface area contributed by atoms with Gasteiger partial charge in [0.15, 0.2) is 0 Å². The number of hydrogen-bond donors (Lipinski definition) is 2. The van der Waals surface area contributed by atoms with E-state index in [4.69, 9.17) is 0 Å². The second-order valence-electron chi connectivity index (χ2n) is 5.63. The molecule has 3 rings (SSSR count). The number of nitrogens with one attached hydrogen (secondary N) is 1. The van der Waals surface area contributed by atoms with Crippen LogP contribution in [0.2, 0.25) is 0 Å². The number of amides is 1. The molecule has 2 aliphatic carbocycles. The molecular weight excluding hydrogens is 262 g/mol. The number of rotatable bonds is 3. The lowest BCUT2D eigenvalue weighted by molar-refractivity contribution is -0.144. The van der Waals surface area contributed by atoms with E-state index in [1.54, 1.807) is 0 Å². The Kier molecular flexibility index (Phi) is 3.09. The Balaban J connectivity index is 1.77. The van der Waals surface area contributed by atoms with Gasteiger partial charge in [0.25, 0.3) is 5.91 Å². The average molecular weight is 279 g/mol. The zero-order valence-electron chi connectivity index (χ0n) is 10.8. The highest BCUT2D eigenvalue weighted by Gasteiger charge is 2.51. The third-order valence-corrected chi connectivity index (χ3v) is 5.58. The van der Waals surface area contributed by atoms with E-state index in [0.29, 0.717) is 10.8 Å². The molecular formula is C14H17NO3S. The van der Waals surface area contributed by atoms with Gasteiger partial charge < -0.3 is 10.4 Å². The van der Waals surface area contributed by atoms with E-state index in [-0.39, 0.29) is 17.9 Å². The molecule has 4 unspecified atom stereocenters. The molecule has 2 saturated carbocycles. The second-order valence-corrected chi connectivity index (χ2v) is 6.55. The van der Waals surface area contributed by atoms with Crippen LogP contribution >= 0.6 is 11.3 Å². The average Bonchev–Trinajstić information content (AvgIpc) is 3.03. The number of carboxylic acid groups (broad SMARTS) is 1. The third kappa shape index (κ3) is 2.06. The van der Waals surface area contributed by atoms with Crippen molar-refractivity contribution in [2.45, 2.75) is 32.2 Å². The first-order valence-corrected chi connectivity index (χ1v) is 7.53. The number of carboxylic acids is 1. The summed E-state index contributed by atoms with van der Waals surface area (Å²) in [6.45, 7) is 1.90. The van der Waals surface area contributed by atoms with Gasteiger partial charge in [0.1, 0.15) is 0 Å². The predicted molar refractivity (Wildman–Crippen MR) is 72.3 cm³/mol. The maximum atomic E-state index is 12.2. The van der Waals surface area contributed by atoms with Crippen LogP contribution in [0.3, 0.4) is 0 Å². The Bertz CT molecular complexity index is 525. The van der Waals surface area contributed by atoms with Gasteiger partial charge in [0.05, 0.1) is 10.8 Å². The molecule has 1 amide bonds. The molecule has 2 aliphatic rings. The fourth-order valence-corrected chi connectivity index (χ4v) is 4.50. The molecule has 4 atom stereocenters. The van der Waals surface area contributed by atoms with Gasteiger partial charge in [-0.1, -0.05) is 0 Å². The predicted octanol–water partition coefficient (Wildman–Crippen LogP) is 2.29. The van der Waals surface area contributed by atoms with Crippen molar-refractivity contribution in [2.75, 3.05) is 0 Å². The minimum absolute atomic E-state index is 0.115. The first-order valence-electron chi connectivity index (χ1n) is 6.65. The summed E-state index contributed by atoms with van der Waals surface area (Å²) in [7, 11) is 0. The molecule has 0 radical (unpaired) electrons. The lowest BCUT2D eigenvalue weighted by Crippen LogP contribution is -2.46. The molecule has 1 heterocycles. The number of hydrogen-bond acceptors (Lipinski definition) is 3. The maximum Gasteiger partial charge on any atom is 0.308 e. The highest BCUT2D eigenvalue weighted by Crippen LogP contribution is 2.48. The van der Waals surface area contributed by atoms with E-state index < -0.39 is 11.9 Å². The van der Waals surface area contributed by atoms with E-state index in [1.807, 2.05) is 18.4 Å². The van der Waals surface area contributed by atoms with Gasteiger partial charge in [-0.2, -0.15) is 0 Å². The van der Waals surface area contributed by atoms with E-state index in [2.05, 4.69) is 5.32 Å². The van der Waals surface area contributed by atoms with Crippen LogP contribution in [0.5, 0.6) is 0 Å². The first kappa shape index (κ1) is 12.7. The standard InChI is InChI=1S/C14H17NO3S/c1-7-4-5-19-12(7)13(16)15-11-9-3-2-8(6-9)10(11)14(17)18/h4-5,8-11H,2-3,6H2,1H3,(H,15,16)(H,17,18). The Morgan fingerprint density at radius 2 is 2.11 bits per heavy atom. The summed E-state index contributed by atoms with van der Waals surface area (Å²) >= 11 is 1.41.